The number of nitrogens with zero attached hydrogens (tertiary/aromatic N) is 3. The van der Waals surface area contributed by atoms with Gasteiger partial charge in [-0.15, -0.1) is 11.3 Å². The number of hydrogen-bond donors (Lipinski definition) is 1. The van der Waals surface area contributed by atoms with Gasteiger partial charge in [0.05, 0.1) is 10.6 Å². The van der Waals surface area contributed by atoms with Gasteiger partial charge in [-0.3, -0.25) is 4.79 Å². The van der Waals surface area contributed by atoms with Gasteiger partial charge in [0.25, 0.3) is 0 Å². The molecule has 0 radical (unpaired) electrons. The lowest BCUT2D eigenvalue weighted by Crippen LogP contribution is -2.22. The number of amides is 1. The van der Waals surface area contributed by atoms with E-state index in [1.165, 1.54) is 6.07 Å². The molecule has 6 nitrogen and oxygen atoms in total. The number of halogens is 1. The third kappa shape index (κ3) is 4.22. The van der Waals surface area contributed by atoms with Crippen LogP contribution in [0.4, 0.5) is 15.8 Å². The summed E-state index contributed by atoms with van der Waals surface area (Å²) in [5, 5.41) is 8.66. The van der Waals surface area contributed by atoms with Crippen molar-refractivity contribution < 1.29 is 13.7 Å². The summed E-state index contributed by atoms with van der Waals surface area (Å²) in [5.74, 6) is 0.440. The Morgan fingerprint density at radius 3 is 2.89 bits per heavy atom. The number of para-hydroxylation sites is 1. The summed E-state index contributed by atoms with van der Waals surface area (Å²) in [5.41, 5.74) is 1.02. The zero-order chi connectivity index (χ0) is 19.3. The van der Waals surface area contributed by atoms with E-state index in [9.17, 15) is 9.18 Å². The van der Waals surface area contributed by atoms with Crippen molar-refractivity contribution in [3.8, 4) is 10.7 Å². The molecule has 4 rings (SSSR count). The predicted octanol–water partition coefficient (Wildman–Crippen LogP) is 4.50. The first kappa shape index (κ1) is 18.6. The Labute approximate surface area is 166 Å². The first-order chi connectivity index (χ1) is 13.7. The first-order valence-electron chi connectivity index (χ1n) is 9.40. The van der Waals surface area contributed by atoms with Crippen molar-refractivity contribution >= 4 is 28.6 Å². The molecule has 3 aromatic rings. The fraction of sp³-hybridized carbons (Fsp3) is 0.350. The second-order valence-electron chi connectivity index (χ2n) is 6.72. The van der Waals surface area contributed by atoms with E-state index in [4.69, 9.17) is 4.52 Å². The summed E-state index contributed by atoms with van der Waals surface area (Å²) in [4.78, 5) is 19.8. The van der Waals surface area contributed by atoms with E-state index >= 15 is 0 Å². The lowest BCUT2D eigenvalue weighted by molar-refractivity contribution is -0.116. The van der Waals surface area contributed by atoms with E-state index in [0.717, 1.165) is 36.5 Å². The number of rotatable bonds is 7. The van der Waals surface area contributed by atoms with E-state index in [1.54, 1.807) is 17.4 Å². The van der Waals surface area contributed by atoms with Gasteiger partial charge < -0.3 is 14.7 Å². The third-order valence-corrected chi connectivity index (χ3v) is 5.57. The van der Waals surface area contributed by atoms with Crippen LogP contribution in [-0.2, 0) is 11.2 Å². The minimum atomic E-state index is -0.407. The Kier molecular flexibility index (Phi) is 5.66. The fourth-order valence-electron chi connectivity index (χ4n) is 3.32. The largest absolute Gasteiger partial charge is 0.370 e. The zero-order valence-electron chi connectivity index (χ0n) is 15.4. The number of thiophene rings is 1. The van der Waals surface area contributed by atoms with E-state index in [0.29, 0.717) is 24.6 Å². The lowest BCUT2D eigenvalue weighted by Gasteiger charge is -2.22. The molecule has 1 aliphatic rings. The Bertz CT molecular complexity index is 936. The number of carbonyl (C=O) groups excluding carboxylic acids is 1. The molecule has 1 saturated heterocycles. The lowest BCUT2D eigenvalue weighted by atomic mass is 10.2. The van der Waals surface area contributed by atoms with Crippen molar-refractivity contribution in [2.45, 2.75) is 32.1 Å². The zero-order valence-corrected chi connectivity index (χ0v) is 16.2. The van der Waals surface area contributed by atoms with E-state index in [1.807, 2.05) is 23.6 Å². The molecule has 146 valence electrons. The van der Waals surface area contributed by atoms with Crippen LogP contribution in [0.5, 0.6) is 0 Å². The van der Waals surface area contributed by atoms with Gasteiger partial charge in [0.15, 0.2) is 0 Å². The van der Waals surface area contributed by atoms with Gasteiger partial charge in [-0.1, -0.05) is 17.3 Å². The van der Waals surface area contributed by atoms with Crippen molar-refractivity contribution in [1.29, 1.82) is 0 Å². The van der Waals surface area contributed by atoms with Gasteiger partial charge >= 0.3 is 0 Å². The molecule has 2 aromatic heterocycles. The van der Waals surface area contributed by atoms with Crippen molar-refractivity contribution in [2.24, 2.45) is 0 Å². The molecule has 0 unspecified atom stereocenters. The highest BCUT2D eigenvalue weighted by Gasteiger charge is 2.19. The number of nitrogens with one attached hydrogen (secondary N) is 1. The summed E-state index contributed by atoms with van der Waals surface area (Å²) in [6.07, 6.45) is 3.47. The maximum atomic E-state index is 14.3. The minimum absolute atomic E-state index is 0.219. The number of aryl methyl sites for hydroxylation is 1. The Morgan fingerprint density at radius 2 is 2.11 bits per heavy atom. The average Bonchev–Trinajstić information content (AvgIpc) is 3.45. The van der Waals surface area contributed by atoms with Crippen LogP contribution in [0, 0.1) is 5.82 Å². The first-order valence-corrected chi connectivity index (χ1v) is 10.3. The van der Waals surface area contributed by atoms with Gasteiger partial charge in [-0.25, -0.2) is 4.39 Å². The highest BCUT2D eigenvalue weighted by Crippen LogP contribution is 2.31. The van der Waals surface area contributed by atoms with Crippen LogP contribution in [0.2, 0.25) is 0 Å². The molecule has 1 amide bonds. The molecule has 3 heterocycles. The molecule has 0 spiro atoms. The van der Waals surface area contributed by atoms with E-state index < -0.39 is 5.82 Å². The summed E-state index contributed by atoms with van der Waals surface area (Å²) in [6.45, 7) is 1.77. The van der Waals surface area contributed by atoms with Crippen LogP contribution in [0.1, 0.15) is 31.6 Å². The molecular formula is C20H21FN4O2S. The number of benzene rings is 1. The van der Waals surface area contributed by atoms with Crippen LogP contribution >= 0.6 is 11.3 Å². The molecule has 1 N–H and O–H groups in total. The van der Waals surface area contributed by atoms with Crippen LogP contribution < -0.4 is 10.2 Å². The van der Waals surface area contributed by atoms with Crippen LogP contribution in [-0.4, -0.2) is 29.1 Å². The monoisotopic (exact) mass is 400 g/mol. The number of anilines is 2. The standard InChI is InChI=1S/C20H21FN4O2S/c21-14-6-3-7-15(25-11-1-2-12-25)19(14)22-17(26)9-4-10-18-23-20(24-27-18)16-8-5-13-28-16/h3,5-8,13H,1-2,4,9-12H2,(H,22,26). The minimum Gasteiger partial charge on any atom is -0.370 e. The maximum absolute atomic E-state index is 14.3. The Hall–Kier alpha value is -2.74. The second kappa shape index (κ2) is 8.52. The quantitative estimate of drug-likeness (QED) is 0.632. The summed E-state index contributed by atoms with van der Waals surface area (Å²) in [7, 11) is 0. The van der Waals surface area contributed by atoms with Crippen molar-refractivity contribution in [1.82, 2.24) is 10.1 Å². The van der Waals surface area contributed by atoms with E-state index in [-0.39, 0.29) is 18.0 Å². The summed E-state index contributed by atoms with van der Waals surface area (Å²) >= 11 is 1.54. The predicted molar refractivity (Wildman–Crippen MR) is 107 cm³/mol. The maximum Gasteiger partial charge on any atom is 0.226 e. The van der Waals surface area contributed by atoms with Gasteiger partial charge in [-0.05, 0) is 42.8 Å². The second-order valence-corrected chi connectivity index (χ2v) is 7.67. The Balaban J connectivity index is 1.33. The Morgan fingerprint density at radius 1 is 1.25 bits per heavy atom. The third-order valence-electron chi connectivity index (χ3n) is 4.71. The van der Waals surface area contributed by atoms with Gasteiger partial charge in [0.1, 0.15) is 11.5 Å². The molecule has 0 bridgehead atoms. The molecule has 28 heavy (non-hydrogen) atoms. The number of carbonyl (C=O) groups is 1. The van der Waals surface area contributed by atoms with Gasteiger partial charge in [0, 0.05) is 25.9 Å². The SMILES string of the molecule is O=C(CCCc1nc(-c2cccs2)no1)Nc1c(F)cccc1N1CCCC1. The fourth-order valence-corrected chi connectivity index (χ4v) is 3.97. The molecule has 1 aromatic carbocycles. The van der Waals surface area contributed by atoms with E-state index in [2.05, 4.69) is 20.4 Å². The molecular weight excluding hydrogens is 379 g/mol. The summed E-state index contributed by atoms with van der Waals surface area (Å²) in [6, 6.07) is 8.77. The van der Waals surface area contributed by atoms with Crippen molar-refractivity contribution in [2.75, 3.05) is 23.3 Å². The smallest absolute Gasteiger partial charge is 0.226 e. The highest BCUT2D eigenvalue weighted by atomic mass is 32.1. The summed E-state index contributed by atoms with van der Waals surface area (Å²) < 4.78 is 19.6. The molecule has 0 saturated carbocycles. The average molecular weight is 400 g/mol. The molecule has 8 heteroatoms. The topological polar surface area (TPSA) is 71.3 Å². The molecule has 1 aliphatic heterocycles. The highest BCUT2D eigenvalue weighted by molar-refractivity contribution is 7.13. The van der Waals surface area contributed by atoms with Crippen molar-refractivity contribution in [3.63, 3.8) is 0 Å². The number of aromatic nitrogens is 2. The molecule has 0 atom stereocenters. The van der Waals surface area contributed by atoms with Gasteiger partial charge in [0.2, 0.25) is 17.6 Å². The molecule has 0 aliphatic carbocycles. The normalized spacial score (nSPS) is 13.8. The van der Waals surface area contributed by atoms with Crippen molar-refractivity contribution in [3.05, 3.63) is 47.4 Å². The molecule has 1 fully saturated rings. The number of hydrogen-bond acceptors (Lipinski definition) is 6. The van der Waals surface area contributed by atoms with Crippen LogP contribution in [0.3, 0.4) is 0 Å². The van der Waals surface area contributed by atoms with Crippen LogP contribution in [0.25, 0.3) is 10.7 Å². The van der Waals surface area contributed by atoms with Crippen LogP contribution in [0.15, 0.2) is 40.2 Å². The van der Waals surface area contributed by atoms with Gasteiger partial charge in [-0.2, -0.15) is 4.98 Å².